The Balaban J connectivity index is 1.83. The molecule has 3 rings (SSSR count). The fourth-order valence-corrected chi connectivity index (χ4v) is 3.58. The molecule has 0 saturated carbocycles. The number of nitrogens with zero attached hydrogens (tertiary/aromatic N) is 3. The highest BCUT2D eigenvalue weighted by Crippen LogP contribution is 2.30. The predicted molar refractivity (Wildman–Crippen MR) is 93.6 cm³/mol. The number of anilines is 1. The monoisotopic (exact) mass is 314 g/mol. The van der Waals surface area contributed by atoms with Gasteiger partial charge in [-0.1, -0.05) is 13.8 Å². The van der Waals surface area contributed by atoms with E-state index in [-0.39, 0.29) is 0 Å². The molecule has 0 spiro atoms. The van der Waals surface area contributed by atoms with E-state index in [2.05, 4.69) is 47.9 Å². The van der Waals surface area contributed by atoms with Crippen LogP contribution >= 0.6 is 0 Å². The second-order valence-corrected chi connectivity index (χ2v) is 6.60. The number of likely N-dealkylation sites (N-methyl/N-ethyl adjacent to an activating group) is 1. The third kappa shape index (κ3) is 3.05. The SMILES string of the molecule is CCCC(=O)N1CC[C@@H](C)C(N(C)c2ccnc3[nH]ccc23)C1. The van der Waals surface area contributed by atoms with Crippen molar-refractivity contribution in [3.05, 3.63) is 24.5 Å². The first-order valence-corrected chi connectivity index (χ1v) is 8.54. The lowest BCUT2D eigenvalue weighted by Gasteiger charge is -2.42. The van der Waals surface area contributed by atoms with Gasteiger partial charge in [-0.15, -0.1) is 0 Å². The number of carbonyl (C=O) groups excluding carboxylic acids is 1. The maximum Gasteiger partial charge on any atom is 0.222 e. The molecular formula is C18H26N4O. The fourth-order valence-electron chi connectivity index (χ4n) is 3.58. The molecule has 23 heavy (non-hydrogen) atoms. The third-order valence-electron chi connectivity index (χ3n) is 5.05. The van der Waals surface area contributed by atoms with Gasteiger partial charge in [-0.2, -0.15) is 0 Å². The van der Waals surface area contributed by atoms with Crippen LogP contribution in [0, 0.1) is 5.92 Å². The van der Waals surface area contributed by atoms with Gasteiger partial charge in [0.25, 0.3) is 0 Å². The molecule has 1 saturated heterocycles. The zero-order valence-electron chi connectivity index (χ0n) is 14.2. The zero-order valence-corrected chi connectivity index (χ0v) is 14.2. The quantitative estimate of drug-likeness (QED) is 0.944. The molecule has 124 valence electrons. The van der Waals surface area contributed by atoms with Crippen molar-refractivity contribution in [2.24, 2.45) is 5.92 Å². The van der Waals surface area contributed by atoms with Crippen LogP contribution in [0.3, 0.4) is 0 Å². The Kier molecular flexibility index (Phi) is 4.55. The Morgan fingerprint density at radius 1 is 1.48 bits per heavy atom. The summed E-state index contributed by atoms with van der Waals surface area (Å²) in [5.74, 6) is 0.854. The lowest BCUT2D eigenvalue weighted by molar-refractivity contribution is -0.132. The summed E-state index contributed by atoms with van der Waals surface area (Å²) in [4.78, 5) is 24.2. The van der Waals surface area contributed by atoms with Gasteiger partial charge in [0, 0.05) is 56.1 Å². The number of carbonyl (C=O) groups is 1. The molecule has 0 bridgehead atoms. The van der Waals surface area contributed by atoms with E-state index < -0.39 is 0 Å². The van der Waals surface area contributed by atoms with E-state index in [0.29, 0.717) is 24.3 Å². The fraction of sp³-hybridized carbons (Fsp3) is 0.556. The Labute approximate surface area is 137 Å². The van der Waals surface area contributed by atoms with Crippen LogP contribution in [0.25, 0.3) is 11.0 Å². The van der Waals surface area contributed by atoms with Crippen molar-refractivity contribution < 1.29 is 4.79 Å². The van der Waals surface area contributed by atoms with E-state index in [0.717, 1.165) is 37.0 Å². The summed E-state index contributed by atoms with van der Waals surface area (Å²) in [5, 5.41) is 1.14. The van der Waals surface area contributed by atoms with Crippen LogP contribution in [0.5, 0.6) is 0 Å². The minimum absolute atomic E-state index is 0.291. The molecule has 1 amide bonds. The normalized spacial score (nSPS) is 21.6. The lowest BCUT2D eigenvalue weighted by Crippen LogP contribution is -2.52. The molecule has 1 N–H and O–H groups in total. The summed E-state index contributed by atoms with van der Waals surface area (Å²) in [6, 6.07) is 4.47. The highest BCUT2D eigenvalue weighted by atomic mass is 16.2. The molecule has 1 fully saturated rings. The Morgan fingerprint density at radius 2 is 2.30 bits per heavy atom. The number of fused-ring (bicyclic) bond motifs is 1. The van der Waals surface area contributed by atoms with Crippen molar-refractivity contribution in [1.82, 2.24) is 14.9 Å². The Bertz CT molecular complexity index is 680. The standard InChI is InChI=1S/C18H26N4O/c1-4-5-17(23)22-11-8-13(2)16(12-22)21(3)15-7-10-20-18-14(15)6-9-19-18/h6-7,9-10,13,16H,4-5,8,11-12H2,1-3H3,(H,19,20)/t13-,16?/m1/s1. The molecule has 2 aromatic heterocycles. The molecular weight excluding hydrogens is 288 g/mol. The predicted octanol–water partition coefficient (Wildman–Crippen LogP) is 3.04. The maximum atomic E-state index is 12.3. The van der Waals surface area contributed by atoms with E-state index in [1.807, 2.05) is 17.3 Å². The Hall–Kier alpha value is -2.04. The van der Waals surface area contributed by atoms with Gasteiger partial charge in [0.15, 0.2) is 0 Å². The van der Waals surface area contributed by atoms with Crippen molar-refractivity contribution in [3.63, 3.8) is 0 Å². The van der Waals surface area contributed by atoms with Crippen molar-refractivity contribution in [2.75, 3.05) is 25.0 Å². The molecule has 0 aliphatic carbocycles. The average Bonchev–Trinajstić information content (AvgIpc) is 3.03. The van der Waals surface area contributed by atoms with Crippen LogP contribution in [-0.4, -0.2) is 47.0 Å². The lowest BCUT2D eigenvalue weighted by atomic mass is 9.91. The zero-order chi connectivity index (χ0) is 16.4. The summed E-state index contributed by atoms with van der Waals surface area (Å²) < 4.78 is 0. The molecule has 2 atom stereocenters. The smallest absolute Gasteiger partial charge is 0.222 e. The van der Waals surface area contributed by atoms with Crippen LogP contribution in [0.1, 0.15) is 33.1 Å². The van der Waals surface area contributed by atoms with Gasteiger partial charge < -0.3 is 14.8 Å². The second-order valence-electron chi connectivity index (χ2n) is 6.60. The van der Waals surface area contributed by atoms with Gasteiger partial charge in [-0.25, -0.2) is 4.98 Å². The molecule has 2 aromatic rings. The summed E-state index contributed by atoms with van der Waals surface area (Å²) in [6.45, 7) is 6.05. The largest absolute Gasteiger partial charge is 0.369 e. The second kappa shape index (κ2) is 6.60. The van der Waals surface area contributed by atoms with E-state index in [4.69, 9.17) is 0 Å². The van der Waals surface area contributed by atoms with Crippen LogP contribution in [0.4, 0.5) is 5.69 Å². The van der Waals surface area contributed by atoms with Gasteiger partial charge in [-0.05, 0) is 30.9 Å². The highest BCUT2D eigenvalue weighted by Gasteiger charge is 2.31. The minimum Gasteiger partial charge on any atom is -0.369 e. The minimum atomic E-state index is 0.291. The number of rotatable bonds is 4. The number of piperidine rings is 1. The van der Waals surface area contributed by atoms with E-state index in [9.17, 15) is 4.79 Å². The van der Waals surface area contributed by atoms with E-state index in [1.165, 1.54) is 5.69 Å². The van der Waals surface area contributed by atoms with Crippen molar-refractivity contribution in [1.29, 1.82) is 0 Å². The molecule has 5 nitrogen and oxygen atoms in total. The topological polar surface area (TPSA) is 52.2 Å². The van der Waals surface area contributed by atoms with E-state index >= 15 is 0 Å². The van der Waals surface area contributed by atoms with Gasteiger partial charge in [0.05, 0.1) is 0 Å². The van der Waals surface area contributed by atoms with Crippen molar-refractivity contribution in [2.45, 2.75) is 39.2 Å². The first kappa shape index (κ1) is 15.8. The molecule has 1 unspecified atom stereocenters. The number of hydrogen-bond acceptors (Lipinski definition) is 3. The number of likely N-dealkylation sites (tertiary alicyclic amines) is 1. The number of aromatic amines is 1. The molecule has 3 heterocycles. The number of hydrogen-bond donors (Lipinski definition) is 1. The van der Waals surface area contributed by atoms with Gasteiger partial charge in [0.2, 0.25) is 5.91 Å². The highest BCUT2D eigenvalue weighted by molar-refractivity contribution is 5.89. The van der Waals surface area contributed by atoms with Crippen LogP contribution in [0.2, 0.25) is 0 Å². The molecule has 5 heteroatoms. The molecule has 0 radical (unpaired) electrons. The maximum absolute atomic E-state index is 12.3. The van der Waals surface area contributed by atoms with Crippen LogP contribution in [-0.2, 0) is 4.79 Å². The van der Waals surface area contributed by atoms with E-state index in [1.54, 1.807) is 0 Å². The first-order valence-electron chi connectivity index (χ1n) is 8.54. The molecule has 1 aliphatic rings. The molecule has 0 aromatic carbocycles. The average molecular weight is 314 g/mol. The van der Waals surface area contributed by atoms with Crippen molar-refractivity contribution in [3.8, 4) is 0 Å². The third-order valence-corrected chi connectivity index (χ3v) is 5.05. The summed E-state index contributed by atoms with van der Waals surface area (Å²) in [5.41, 5.74) is 2.09. The summed E-state index contributed by atoms with van der Waals surface area (Å²) in [6.07, 6.45) is 6.40. The summed E-state index contributed by atoms with van der Waals surface area (Å²) in [7, 11) is 2.14. The van der Waals surface area contributed by atoms with Crippen LogP contribution in [0.15, 0.2) is 24.5 Å². The number of nitrogens with one attached hydrogen (secondary N) is 1. The first-order chi connectivity index (χ1) is 11.1. The number of amides is 1. The van der Waals surface area contributed by atoms with Gasteiger partial charge in [0.1, 0.15) is 5.65 Å². The number of aromatic nitrogens is 2. The van der Waals surface area contributed by atoms with Crippen LogP contribution < -0.4 is 4.90 Å². The van der Waals surface area contributed by atoms with Crippen molar-refractivity contribution >= 4 is 22.6 Å². The number of pyridine rings is 1. The molecule has 1 aliphatic heterocycles. The summed E-state index contributed by atoms with van der Waals surface area (Å²) >= 11 is 0. The van der Waals surface area contributed by atoms with Gasteiger partial charge in [-0.3, -0.25) is 4.79 Å². The number of H-pyrrole nitrogens is 1. The Morgan fingerprint density at radius 3 is 3.09 bits per heavy atom. The van der Waals surface area contributed by atoms with Gasteiger partial charge >= 0.3 is 0 Å².